The van der Waals surface area contributed by atoms with Crippen LogP contribution in [-0.2, 0) is 5.41 Å². The predicted molar refractivity (Wildman–Crippen MR) is 279 cm³/mol. The van der Waals surface area contributed by atoms with Crippen molar-refractivity contribution in [3.63, 3.8) is 0 Å². The maximum Gasteiger partial charge on any atom is 0.164 e. The molecule has 0 amide bonds. The molecule has 0 bridgehead atoms. The van der Waals surface area contributed by atoms with Crippen molar-refractivity contribution in [1.82, 2.24) is 15.0 Å². The molecule has 0 radical (unpaired) electrons. The van der Waals surface area contributed by atoms with Crippen LogP contribution in [0.1, 0.15) is 22.3 Å². The summed E-state index contributed by atoms with van der Waals surface area (Å²) in [4.78, 5) is 15.8. The van der Waals surface area contributed by atoms with Gasteiger partial charge in [-0.2, -0.15) is 0 Å². The van der Waals surface area contributed by atoms with Crippen LogP contribution >= 0.6 is 0 Å². The minimum Gasteiger partial charge on any atom is -0.456 e. The normalized spacial score (nSPS) is 12.8. The SMILES string of the molecule is c1ccc(-c2ccc(-c3nc(-c4ccc5oc6ccccc6c5c4)nc(-c4cccc5oc6ccc(-c7cccc8c7-c7ccccc7C8(c7ccccc7)c7ccccc7)cc6c45)n3)cc2)cc1. The van der Waals surface area contributed by atoms with E-state index in [2.05, 4.69) is 188 Å². The molecule has 5 heteroatoms. The fourth-order valence-electron chi connectivity index (χ4n) is 11.0. The molecule has 10 aromatic carbocycles. The lowest BCUT2D eigenvalue weighted by Crippen LogP contribution is -2.28. The van der Waals surface area contributed by atoms with E-state index in [0.717, 1.165) is 82.8 Å². The van der Waals surface area contributed by atoms with E-state index < -0.39 is 5.41 Å². The van der Waals surface area contributed by atoms with E-state index in [1.165, 1.54) is 33.4 Å². The van der Waals surface area contributed by atoms with E-state index in [1.54, 1.807) is 0 Å². The van der Waals surface area contributed by atoms with Gasteiger partial charge in [-0.25, -0.2) is 15.0 Å². The first-order chi connectivity index (χ1) is 34.2. The van der Waals surface area contributed by atoms with Crippen LogP contribution < -0.4 is 0 Å². The average Bonchev–Trinajstić information content (AvgIpc) is 4.09. The topological polar surface area (TPSA) is 65.0 Å². The Kier molecular flexibility index (Phi) is 8.73. The van der Waals surface area contributed by atoms with E-state index in [9.17, 15) is 0 Å². The smallest absolute Gasteiger partial charge is 0.164 e. The predicted octanol–water partition coefficient (Wildman–Crippen LogP) is 16.4. The van der Waals surface area contributed by atoms with E-state index in [1.807, 2.05) is 48.5 Å². The van der Waals surface area contributed by atoms with Crippen molar-refractivity contribution in [1.29, 1.82) is 0 Å². The molecule has 5 nitrogen and oxygen atoms in total. The second kappa shape index (κ2) is 15.4. The minimum atomic E-state index is -0.505. The Bertz CT molecular complexity index is 4080. The molecule has 1 aliphatic rings. The Morgan fingerprint density at radius 2 is 0.783 bits per heavy atom. The largest absolute Gasteiger partial charge is 0.456 e. The second-order valence-corrected chi connectivity index (χ2v) is 17.8. The summed E-state index contributed by atoms with van der Waals surface area (Å²) < 4.78 is 12.9. The molecule has 0 aliphatic heterocycles. The zero-order valence-electron chi connectivity index (χ0n) is 37.2. The summed E-state index contributed by atoms with van der Waals surface area (Å²) in [5.41, 5.74) is 17.3. The molecule has 14 rings (SSSR count). The maximum atomic E-state index is 6.69. The Balaban J connectivity index is 0.965. The number of fused-ring (bicyclic) bond motifs is 9. The van der Waals surface area contributed by atoms with Gasteiger partial charge < -0.3 is 8.83 Å². The van der Waals surface area contributed by atoms with Crippen LogP contribution in [0.2, 0.25) is 0 Å². The van der Waals surface area contributed by atoms with E-state index in [-0.39, 0.29) is 0 Å². The summed E-state index contributed by atoms with van der Waals surface area (Å²) >= 11 is 0. The molecule has 0 N–H and O–H groups in total. The van der Waals surface area contributed by atoms with Gasteiger partial charge in [0.2, 0.25) is 0 Å². The van der Waals surface area contributed by atoms with Crippen LogP contribution in [0.5, 0.6) is 0 Å². The lowest BCUT2D eigenvalue weighted by atomic mass is 9.67. The highest BCUT2D eigenvalue weighted by Crippen LogP contribution is 2.58. The van der Waals surface area contributed by atoms with Gasteiger partial charge in [-0.05, 0) is 98.1 Å². The van der Waals surface area contributed by atoms with Crippen LogP contribution in [0, 0.1) is 0 Å². The van der Waals surface area contributed by atoms with Crippen LogP contribution in [0.15, 0.2) is 245 Å². The summed E-state index contributed by atoms with van der Waals surface area (Å²) in [7, 11) is 0. The molecular weight excluding hydrogens is 843 g/mol. The monoisotopic (exact) mass is 881 g/mol. The lowest BCUT2D eigenvalue weighted by Gasteiger charge is -2.34. The van der Waals surface area contributed by atoms with Crippen LogP contribution in [-0.4, -0.2) is 15.0 Å². The number of nitrogens with zero attached hydrogens (tertiary/aromatic N) is 3. The first kappa shape index (κ1) is 39.0. The quantitative estimate of drug-likeness (QED) is 0.160. The molecule has 1 aliphatic carbocycles. The number of hydrogen-bond donors (Lipinski definition) is 0. The van der Waals surface area contributed by atoms with Crippen molar-refractivity contribution in [2.24, 2.45) is 0 Å². The van der Waals surface area contributed by atoms with Gasteiger partial charge in [0.05, 0.1) is 5.41 Å². The van der Waals surface area contributed by atoms with Crippen molar-refractivity contribution in [3.05, 3.63) is 259 Å². The molecular formula is C64H39N3O2. The molecule has 0 saturated heterocycles. The highest BCUT2D eigenvalue weighted by molar-refractivity contribution is 6.13. The number of hydrogen-bond acceptors (Lipinski definition) is 5. The summed E-state index contributed by atoms with van der Waals surface area (Å²) in [6.45, 7) is 0. The summed E-state index contributed by atoms with van der Waals surface area (Å²) in [5, 5.41) is 3.99. The first-order valence-corrected chi connectivity index (χ1v) is 23.3. The van der Waals surface area contributed by atoms with Gasteiger partial charge in [-0.1, -0.05) is 194 Å². The fraction of sp³-hybridized carbons (Fsp3) is 0.0156. The van der Waals surface area contributed by atoms with Crippen molar-refractivity contribution in [3.8, 4) is 67.5 Å². The highest BCUT2D eigenvalue weighted by Gasteiger charge is 2.46. The second-order valence-electron chi connectivity index (χ2n) is 17.8. The third-order valence-corrected chi connectivity index (χ3v) is 14.0. The molecule has 3 aromatic heterocycles. The molecule has 0 spiro atoms. The Hall–Kier alpha value is -9.19. The van der Waals surface area contributed by atoms with Crippen molar-refractivity contribution >= 4 is 43.9 Å². The molecule has 0 unspecified atom stereocenters. The summed E-state index contributed by atoms with van der Waals surface area (Å²) in [5.74, 6) is 1.71. The van der Waals surface area contributed by atoms with Gasteiger partial charge in [0.25, 0.3) is 0 Å². The van der Waals surface area contributed by atoms with Crippen LogP contribution in [0.25, 0.3) is 111 Å². The Labute approximate surface area is 397 Å². The fourth-order valence-corrected chi connectivity index (χ4v) is 11.0. The Morgan fingerprint density at radius 3 is 1.57 bits per heavy atom. The minimum absolute atomic E-state index is 0.505. The number of aromatic nitrogens is 3. The number of para-hydroxylation sites is 1. The number of furan rings is 2. The molecule has 0 saturated carbocycles. The van der Waals surface area contributed by atoms with Crippen molar-refractivity contribution < 1.29 is 8.83 Å². The lowest BCUT2D eigenvalue weighted by molar-refractivity contribution is 0.668. The van der Waals surface area contributed by atoms with E-state index in [4.69, 9.17) is 23.8 Å². The summed E-state index contributed by atoms with van der Waals surface area (Å²) in [6, 6.07) is 83.5. The van der Waals surface area contributed by atoms with Gasteiger partial charge >= 0.3 is 0 Å². The molecule has 69 heavy (non-hydrogen) atoms. The van der Waals surface area contributed by atoms with Gasteiger partial charge in [0.1, 0.15) is 22.3 Å². The molecule has 0 atom stereocenters. The standard InChI is InChI=1S/C64H39N3O2/c1-4-16-40(17-5-1)41-30-32-42(33-31-41)61-65-62(44-35-37-56-51(39-44)48-22-11-13-28-55(48)68-56)67-63(66-61)50-25-15-29-58-60(50)52-38-43(34-36-57(52)69-58)47-24-14-27-54-59(47)49-23-10-12-26-53(49)64(54,45-18-6-2-7-19-45)46-20-8-3-9-21-46/h1-39H. The van der Waals surface area contributed by atoms with Gasteiger partial charge in [-0.15, -0.1) is 0 Å². The van der Waals surface area contributed by atoms with Gasteiger partial charge in [0.15, 0.2) is 17.5 Å². The van der Waals surface area contributed by atoms with Crippen LogP contribution in [0.3, 0.4) is 0 Å². The number of benzene rings is 10. The zero-order chi connectivity index (χ0) is 45.5. The highest BCUT2D eigenvalue weighted by atomic mass is 16.3. The van der Waals surface area contributed by atoms with Crippen molar-refractivity contribution in [2.75, 3.05) is 0 Å². The third-order valence-electron chi connectivity index (χ3n) is 14.0. The Morgan fingerprint density at radius 1 is 0.290 bits per heavy atom. The van der Waals surface area contributed by atoms with Crippen LogP contribution in [0.4, 0.5) is 0 Å². The van der Waals surface area contributed by atoms with Gasteiger partial charge in [0, 0.05) is 38.2 Å². The van der Waals surface area contributed by atoms with Gasteiger partial charge in [-0.3, -0.25) is 0 Å². The molecule has 3 heterocycles. The zero-order valence-corrected chi connectivity index (χ0v) is 37.2. The van der Waals surface area contributed by atoms with Crippen molar-refractivity contribution in [2.45, 2.75) is 5.41 Å². The van der Waals surface area contributed by atoms with E-state index >= 15 is 0 Å². The first-order valence-electron chi connectivity index (χ1n) is 23.3. The maximum absolute atomic E-state index is 6.69. The number of rotatable bonds is 7. The molecule has 0 fully saturated rings. The molecule has 322 valence electrons. The third kappa shape index (κ3) is 6.07. The van der Waals surface area contributed by atoms with E-state index in [0.29, 0.717) is 17.5 Å². The summed E-state index contributed by atoms with van der Waals surface area (Å²) in [6.07, 6.45) is 0. The average molecular weight is 882 g/mol. The molecule has 13 aromatic rings.